The zero-order valence-corrected chi connectivity index (χ0v) is 10.8. The second-order valence-corrected chi connectivity index (χ2v) is 5.58. The van der Waals surface area contributed by atoms with Gasteiger partial charge in [0.15, 0.2) is 0 Å². The Balaban J connectivity index is 2.20. The van der Waals surface area contributed by atoms with Gasteiger partial charge in [-0.15, -0.1) is 0 Å². The number of hydrogen-bond acceptors (Lipinski definition) is 3. The summed E-state index contributed by atoms with van der Waals surface area (Å²) in [5.74, 6) is -0.443. The molecule has 3 atom stereocenters. The van der Waals surface area contributed by atoms with Crippen molar-refractivity contribution in [3.63, 3.8) is 0 Å². The van der Waals surface area contributed by atoms with Gasteiger partial charge in [-0.1, -0.05) is 18.2 Å². The lowest BCUT2D eigenvalue weighted by Crippen LogP contribution is -2.51. The summed E-state index contributed by atoms with van der Waals surface area (Å²) in [6.07, 6.45) is 1.64. The van der Waals surface area contributed by atoms with Crippen LogP contribution in [0, 0.1) is 11.3 Å². The molecule has 1 saturated heterocycles. The predicted molar refractivity (Wildman–Crippen MR) is 70.5 cm³/mol. The molecule has 2 heterocycles. The Kier molecular flexibility index (Phi) is 2.61. The van der Waals surface area contributed by atoms with Crippen molar-refractivity contribution in [1.82, 2.24) is 0 Å². The average Bonchev–Trinajstić information content (AvgIpc) is 2.67. The minimum Gasteiger partial charge on any atom is -0.388 e. The first-order valence-electron chi connectivity index (χ1n) is 6.59. The maximum absolute atomic E-state index is 12.3. The minimum atomic E-state index is -1.02. The van der Waals surface area contributed by atoms with Gasteiger partial charge < -0.3 is 10.0 Å². The van der Waals surface area contributed by atoms with Crippen LogP contribution < -0.4 is 4.90 Å². The van der Waals surface area contributed by atoms with E-state index >= 15 is 0 Å². The van der Waals surface area contributed by atoms with Crippen LogP contribution in [-0.2, 0) is 4.79 Å². The molecule has 3 rings (SSSR count). The quantitative estimate of drug-likeness (QED) is 0.771. The van der Waals surface area contributed by atoms with Crippen molar-refractivity contribution in [3.05, 3.63) is 29.8 Å². The normalized spacial score (nSPS) is 33.3. The Morgan fingerprint density at radius 1 is 1.47 bits per heavy atom. The molecule has 2 aliphatic rings. The van der Waals surface area contributed by atoms with Crippen molar-refractivity contribution in [2.24, 2.45) is 0 Å². The number of anilines is 1. The molecule has 1 amide bonds. The number of rotatable bonds is 0. The maximum Gasteiger partial charge on any atom is 0.227 e. The highest BCUT2D eigenvalue weighted by Gasteiger charge is 2.51. The first-order valence-corrected chi connectivity index (χ1v) is 6.59. The largest absolute Gasteiger partial charge is 0.388 e. The molecule has 0 unspecified atom stereocenters. The minimum absolute atomic E-state index is 0.00738. The number of nitriles is 1. The summed E-state index contributed by atoms with van der Waals surface area (Å²) in [5, 5.41) is 20.1. The van der Waals surface area contributed by atoms with Crippen LogP contribution in [-0.4, -0.2) is 22.7 Å². The summed E-state index contributed by atoms with van der Waals surface area (Å²) in [5.41, 5.74) is 0.614. The van der Waals surface area contributed by atoms with Gasteiger partial charge in [-0.2, -0.15) is 5.26 Å². The van der Waals surface area contributed by atoms with Crippen molar-refractivity contribution in [2.75, 3.05) is 4.90 Å². The molecular weight excluding hydrogens is 240 g/mol. The van der Waals surface area contributed by atoms with Crippen LogP contribution in [0.25, 0.3) is 0 Å². The number of benzene rings is 1. The first kappa shape index (κ1) is 12.2. The van der Waals surface area contributed by atoms with E-state index in [-0.39, 0.29) is 5.91 Å². The van der Waals surface area contributed by atoms with Crippen molar-refractivity contribution in [1.29, 1.82) is 5.26 Å². The number of para-hydroxylation sites is 1. The summed E-state index contributed by atoms with van der Waals surface area (Å²) in [6, 6.07) is 9.27. The van der Waals surface area contributed by atoms with Crippen molar-refractivity contribution in [3.8, 4) is 6.07 Å². The van der Waals surface area contributed by atoms with E-state index < -0.39 is 17.6 Å². The SMILES string of the molecule is C[C@]1(O)CCCC(=O)N2c3ccccc3[C@@H](C#N)[C@@H]21. The highest BCUT2D eigenvalue weighted by molar-refractivity contribution is 5.97. The zero-order chi connectivity index (χ0) is 13.6. The van der Waals surface area contributed by atoms with Gasteiger partial charge in [0.25, 0.3) is 0 Å². The van der Waals surface area contributed by atoms with E-state index in [4.69, 9.17) is 0 Å². The van der Waals surface area contributed by atoms with E-state index in [1.165, 1.54) is 0 Å². The highest BCUT2D eigenvalue weighted by Crippen LogP contribution is 2.47. The third kappa shape index (κ3) is 1.66. The summed E-state index contributed by atoms with van der Waals surface area (Å²) >= 11 is 0. The topological polar surface area (TPSA) is 64.3 Å². The molecule has 1 aromatic rings. The fraction of sp³-hybridized carbons (Fsp3) is 0.467. The standard InChI is InChI=1S/C15H16N2O2/c1-15(19)8-4-7-13(18)17-12-6-3-2-5-10(12)11(9-16)14(15)17/h2-3,5-6,11,14,19H,4,7-8H2,1H3/t11-,14-,15+/m1/s1. The second kappa shape index (κ2) is 4.07. The fourth-order valence-corrected chi connectivity index (χ4v) is 3.37. The van der Waals surface area contributed by atoms with Gasteiger partial charge in [0.05, 0.1) is 23.6 Å². The Morgan fingerprint density at radius 2 is 2.21 bits per heavy atom. The molecule has 0 spiro atoms. The Bertz CT molecular complexity index is 574. The number of nitrogens with zero attached hydrogens (tertiary/aromatic N) is 2. The monoisotopic (exact) mass is 256 g/mol. The van der Waals surface area contributed by atoms with Crippen molar-refractivity contribution in [2.45, 2.75) is 43.7 Å². The fourth-order valence-electron chi connectivity index (χ4n) is 3.37. The van der Waals surface area contributed by atoms with Gasteiger partial charge in [-0.3, -0.25) is 4.79 Å². The highest BCUT2D eigenvalue weighted by atomic mass is 16.3. The first-order chi connectivity index (χ1) is 9.06. The van der Waals surface area contributed by atoms with E-state index in [1.54, 1.807) is 11.8 Å². The number of aliphatic hydroxyl groups is 1. The third-order valence-corrected chi connectivity index (χ3v) is 4.24. The van der Waals surface area contributed by atoms with Gasteiger partial charge in [-0.05, 0) is 31.4 Å². The molecule has 1 N–H and O–H groups in total. The second-order valence-electron chi connectivity index (χ2n) is 5.58. The Morgan fingerprint density at radius 3 is 2.95 bits per heavy atom. The lowest BCUT2D eigenvalue weighted by Gasteiger charge is -2.35. The number of carbonyl (C=O) groups excluding carboxylic acids is 1. The van der Waals surface area contributed by atoms with Crippen molar-refractivity contribution < 1.29 is 9.90 Å². The number of carbonyl (C=O) groups is 1. The molecule has 0 aromatic heterocycles. The summed E-state index contributed by atoms with van der Waals surface area (Å²) in [6.45, 7) is 1.74. The van der Waals surface area contributed by atoms with Gasteiger partial charge in [0, 0.05) is 12.1 Å². The number of amides is 1. The molecule has 2 aliphatic heterocycles. The summed E-state index contributed by atoms with van der Waals surface area (Å²) < 4.78 is 0. The molecule has 0 saturated carbocycles. The molecule has 19 heavy (non-hydrogen) atoms. The van der Waals surface area contributed by atoms with E-state index in [0.717, 1.165) is 11.3 Å². The molecule has 0 bridgehead atoms. The van der Waals surface area contributed by atoms with Crippen LogP contribution in [0.5, 0.6) is 0 Å². The third-order valence-electron chi connectivity index (χ3n) is 4.24. The smallest absolute Gasteiger partial charge is 0.227 e. The van der Waals surface area contributed by atoms with E-state index in [9.17, 15) is 15.2 Å². The number of fused-ring (bicyclic) bond motifs is 3. The molecule has 1 aromatic carbocycles. The summed E-state index contributed by atoms with van der Waals surface area (Å²) in [7, 11) is 0. The molecule has 4 heteroatoms. The van der Waals surface area contributed by atoms with Crippen LogP contribution in [0.2, 0.25) is 0 Å². The van der Waals surface area contributed by atoms with E-state index in [1.807, 2.05) is 24.3 Å². The summed E-state index contributed by atoms with van der Waals surface area (Å²) in [4.78, 5) is 14.0. The van der Waals surface area contributed by atoms with Gasteiger partial charge >= 0.3 is 0 Å². The predicted octanol–water partition coefficient (Wildman–Crippen LogP) is 1.94. The van der Waals surface area contributed by atoms with E-state index in [2.05, 4.69) is 6.07 Å². The molecule has 1 fully saturated rings. The zero-order valence-electron chi connectivity index (χ0n) is 10.8. The van der Waals surface area contributed by atoms with Crippen LogP contribution >= 0.6 is 0 Å². The Labute approximate surface area is 112 Å². The van der Waals surface area contributed by atoms with Crippen LogP contribution in [0.4, 0.5) is 5.69 Å². The average molecular weight is 256 g/mol. The van der Waals surface area contributed by atoms with Gasteiger partial charge in [-0.25, -0.2) is 0 Å². The molecule has 4 nitrogen and oxygen atoms in total. The van der Waals surface area contributed by atoms with Crippen molar-refractivity contribution >= 4 is 11.6 Å². The maximum atomic E-state index is 12.3. The molecule has 0 aliphatic carbocycles. The lowest BCUT2D eigenvalue weighted by atomic mass is 9.83. The van der Waals surface area contributed by atoms with E-state index in [0.29, 0.717) is 19.3 Å². The van der Waals surface area contributed by atoms with Crippen LogP contribution in [0.15, 0.2) is 24.3 Å². The Hall–Kier alpha value is -1.86. The van der Waals surface area contributed by atoms with Gasteiger partial charge in [0.1, 0.15) is 0 Å². The molecule has 98 valence electrons. The molecule has 0 radical (unpaired) electrons. The molecular formula is C15H16N2O2. The van der Waals surface area contributed by atoms with Crippen LogP contribution in [0.3, 0.4) is 0 Å². The van der Waals surface area contributed by atoms with Crippen LogP contribution in [0.1, 0.15) is 37.7 Å². The van der Waals surface area contributed by atoms with Gasteiger partial charge in [0.2, 0.25) is 5.91 Å². The number of hydrogen-bond donors (Lipinski definition) is 1. The lowest BCUT2D eigenvalue weighted by molar-refractivity contribution is -0.119.